The van der Waals surface area contributed by atoms with Crippen LogP contribution in [0, 0.1) is 0 Å². The van der Waals surface area contributed by atoms with E-state index in [4.69, 9.17) is 0 Å². The van der Waals surface area contributed by atoms with E-state index in [-0.39, 0.29) is 17.9 Å². The third-order valence-corrected chi connectivity index (χ3v) is 6.43. The minimum absolute atomic E-state index is 0.0311. The monoisotopic (exact) mass is 417 g/mol. The maximum absolute atomic E-state index is 12.6. The van der Waals surface area contributed by atoms with E-state index < -0.39 is 0 Å². The maximum atomic E-state index is 12.6. The van der Waals surface area contributed by atoms with Crippen molar-refractivity contribution < 1.29 is 9.59 Å². The van der Waals surface area contributed by atoms with Crippen molar-refractivity contribution in [3.63, 3.8) is 0 Å². The van der Waals surface area contributed by atoms with E-state index in [1.807, 2.05) is 30.5 Å². The van der Waals surface area contributed by atoms with E-state index in [9.17, 15) is 9.59 Å². The highest BCUT2D eigenvalue weighted by molar-refractivity contribution is 5.97. The largest absolute Gasteiger partial charge is 0.368 e. The van der Waals surface area contributed by atoms with Gasteiger partial charge in [0.05, 0.1) is 5.52 Å². The number of nitrogens with one attached hydrogen (secondary N) is 2. The van der Waals surface area contributed by atoms with Crippen molar-refractivity contribution in [1.29, 1.82) is 0 Å². The number of benzene rings is 1. The Labute approximate surface area is 181 Å². The number of anilines is 2. The van der Waals surface area contributed by atoms with Crippen LogP contribution in [-0.2, 0) is 4.79 Å². The predicted octanol–water partition coefficient (Wildman–Crippen LogP) is 3.10. The second-order valence-corrected chi connectivity index (χ2v) is 8.66. The number of carbonyl (C=O) groups excluding carboxylic acids is 2. The second kappa shape index (κ2) is 8.15. The summed E-state index contributed by atoms with van der Waals surface area (Å²) >= 11 is 0. The highest BCUT2D eigenvalue weighted by atomic mass is 16.2. The summed E-state index contributed by atoms with van der Waals surface area (Å²) in [6, 6.07) is 7.72. The first-order chi connectivity index (χ1) is 15.0. The lowest BCUT2D eigenvalue weighted by atomic mass is 10.00. The fourth-order valence-electron chi connectivity index (χ4n) is 4.73. The van der Waals surface area contributed by atoms with E-state index >= 15 is 0 Å². The first-order valence-corrected chi connectivity index (χ1v) is 10.9. The van der Waals surface area contributed by atoms with Crippen LogP contribution in [0.3, 0.4) is 0 Å². The molecule has 1 atom stereocenters. The van der Waals surface area contributed by atoms with Crippen molar-refractivity contribution in [2.24, 2.45) is 0 Å². The van der Waals surface area contributed by atoms with E-state index in [2.05, 4.69) is 38.5 Å². The third-order valence-electron chi connectivity index (χ3n) is 6.43. The van der Waals surface area contributed by atoms with Crippen LogP contribution < -0.4 is 15.5 Å². The summed E-state index contributed by atoms with van der Waals surface area (Å²) in [6.07, 6.45) is 7.40. The number of pyridine rings is 1. The molecule has 1 unspecified atom stereocenters. The first-order valence-electron chi connectivity index (χ1n) is 10.9. The summed E-state index contributed by atoms with van der Waals surface area (Å²) in [5, 5.41) is 7.09. The van der Waals surface area contributed by atoms with E-state index in [1.165, 1.54) is 5.57 Å². The first kappa shape index (κ1) is 19.8. The number of nitrogens with zero attached hydrogens (tertiary/aromatic N) is 3. The van der Waals surface area contributed by atoms with E-state index in [0.29, 0.717) is 6.42 Å². The minimum atomic E-state index is -0.218. The van der Waals surface area contributed by atoms with Gasteiger partial charge in [-0.1, -0.05) is 11.6 Å². The number of piperazine rings is 1. The zero-order valence-corrected chi connectivity index (χ0v) is 17.7. The Morgan fingerprint density at radius 3 is 2.77 bits per heavy atom. The Kier molecular flexibility index (Phi) is 5.19. The molecular formula is C24H27N5O2. The highest BCUT2D eigenvalue weighted by Gasteiger charge is 2.27. The molecule has 0 radical (unpaired) electrons. The summed E-state index contributed by atoms with van der Waals surface area (Å²) in [4.78, 5) is 33.5. The third kappa shape index (κ3) is 4.18. The number of hydrogen-bond acceptors (Lipinski definition) is 5. The summed E-state index contributed by atoms with van der Waals surface area (Å²) in [5.74, 6) is 0.143. The summed E-state index contributed by atoms with van der Waals surface area (Å²) < 4.78 is 0. The average Bonchev–Trinajstić information content (AvgIpc) is 3.15. The summed E-state index contributed by atoms with van der Waals surface area (Å²) in [6.45, 7) is 4.02. The second-order valence-electron chi connectivity index (χ2n) is 8.66. The van der Waals surface area contributed by atoms with Crippen LogP contribution in [0.1, 0.15) is 19.3 Å². The van der Waals surface area contributed by atoms with Crippen molar-refractivity contribution in [1.82, 2.24) is 15.2 Å². The van der Waals surface area contributed by atoms with Crippen LogP contribution in [0.4, 0.5) is 16.2 Å². The normalized spacial score (nSPS) is 21.5. The molecule has 1 aliphatic heterocycles. The zero-order chi connectivity index (χ0) is 21.4. The van der Waals surface area contributed by atoms with Gasteiger partial charge in [-0.2, -0.15) is 0 Å². The fourth-order valence-corrected chi connectivity index (χ4v) is 4.73. The highest BCUT2D eigenvalue weighted by Crippen LogP contribution is 2.33. The molecule has 0 bridgehead atoms. The molecule has 3 aliphatic rings. The summed E-state index contributed by atoms with van der Waals surface area (Å²) in [7, 11) is 2.15. The van der Waals surface area contributed by atoms with Gasteiger partial charge in [0.2, 0.25) is 0 Å². The quantitative estimate of drug-likeness (QED) is 0.803. The van der Waals surface area contributed by atoms with E-state index in [1.54, 1.807) is 6.08 Å². The Morgan fingerprint density at radius 1 is 1.10 bits per heavy atom. The molecule has 0 spiro atoms. The van der Waals surface area contributed by atoms with Crippen LogP contribution in [-0.4, -0.2) is 61.0 Å². The molecule has 7 heteroatoms. The van der Waals surface area contributed by atoms with Crippen LogP contribution in [0.2, 0.25) is 0 Å². The molecule has 0 saturated carbocycles. The molecule has 7 nitrogen and oxygen atoms in total. The zero-order valence-electron chi connectivity index (χ0n) is 17.7. The lowest BCUT2D eigenvalue weighted by Crippen LogP contribution is -2.44. The molecule has 2 aliphatic carbocycles. The van der Waals surface area contributed by atoms with Gasteiger partial charge in [0, 0.05) is 61.6 Å². The Hall–Kier alpha value is -3.19. The number of urea groups is 1. The number of likely N-dealkylation sites (N-methyl/N-ethyl adjacent to an activating group) is 1. The molecular weight excluding hydrogens is 390 g/mol. The molecule has 1 fully saturated rings. The predicted molar refractivity (Wildman–Crippen MR) is 122 cm³/mol. The number of carbonyl (C=O) groups is 2. The number of aromatic nitrogens is 1. The fraction of sp³-hybridized carbons (Fsp3) is 0.375. The Balaban J connectivity index is 1.27. The van der Waals surface area contributed by atoms with Crippen LogP contribution in [0.15, 0.2) is 53.8 Å². The number of ketones is 1. The molecule has 1 aromatic carbocycles. The Bertz CT molecular complexity index is 1100. The maximum Gasteiger partial charge on any atom is 0.319 e. The topological polar surface area (TPSA) is 77.6 Å². The van der Waals surface area contributed by atoms with Crippen LogP contribution >= 0.6 is 0 Å². The number of rotatable bonds is 3. The van der Waals surface area contributed by atoms with Crippen molar-refractivity contribution in [3.05, 3.63) is 53.8 Å². The van der Waals surface area contributed by atoms with Gasteiger partial charge in [0.25, 0.3) is 0 Å². The van der Waals surface area contributed by atoms with Crippen molar-refractivity contribution in [2.75, 3.05) is 43.4 Å². The van der Waals surface area contributed by atoms with Gasteiger partial charge in [0.1, 0.15) is 0 Å². The van der Waals surface area contributed by atoms with Crippen molar-refractivity contribution >= 4 is 34.1 Å². The smallest absolute Gasteiger partial charge is 0.319 e. The van der Waals surface area contributed by atoms with Gasteiger partial charge in [-0.05, 0) is 55.8 Å². The lowest BCUT2D eigenvalue weighted by Gasteiger charge is -2.34. The van der Waals surface area contributed by atoms with Gasteiger partial charge in [-0.15, -0.1) is 0 Å². The standard InChI is InChI=1S/C24H27N5O2/c1-28-8-10-29(11-9-28)23-6-7-25-22-5-3-18(15-21(22)23)26-24(31)27-19-12-16-2-4-20(30)14-17(16)13-19/h2-7,15,19H,8-14H2,1H3,(H2,26,27,31). The number of hydrogen-bond donors (Lipinski definition) is 2. The molecule has 160 valence electrons. The van der Waals surface area contributed by atoms with Gasteiger partial charge in [0.15, 0.2) is 5.78 Å². The molecule has 2 aromatic rings. The molecule has 1 aromatic heterocycles. The molecule has 2 N–H and O–H groups in total. The number of fused-ring (bicyclic) bond motifs is 1. The molecule has 2 amide bonds. The lowest BCUT2D eigenvalue weighted by molar-refractivity contribution is -0.114. The van der Waals surface area contributed by atoms with Gasteiger partial charge in [-0.3, -0.25) is 9.78 Å². The number of allylic oxidation sites excluding steroid dienone is 2. The van der Waals surface area contributed by atoms with Crippen LogP contribution in [0.25, 0.3) is 10.9 Å². The van der Waals surface area contributed by atoms with Crippen LogP contribution in [0.5, 0.6) is 0 Å². The minimum Gasteiger partial charge on any atom is -0.368 e. The Morgan fingerprint density at radius 2 is 1.94 bits per heavy atom. The van der Waals surface area contributed by atoms with Crippen molar-refractivity contribution in [2.45, 2.75) is 25.3 Å². The molecule has 31 heavy (non-hydrogen) atoms. The SMILES string of the molecule is CN1CCN(c2ccnc3ccc(NC(=O)NC4CC5=C(CC(=O)C=C5)C4)cc23)CC1. The number of amides is 2. The van der Waals surface area contributed by atoms with Gasteiger partial charge < -0.3 is 20.4 Å². The molecule has 1 saturated heterocycles. The van der Waals surface area contributed by atoms with Crippen molar-refractivity contribution in [3.8, 4) is 0 Å². The van der Waals surface area contributed by atoms with Gasteiger partial charge >= 0.3 is 6.03 Å². The van der Waals surface area contributed by atoms with E-state index in [0.717, 1.165) is 66.9 Å². The summed E-state index contributed by atoms with van der Waals surface area (Å²) in [5.41, 5.74) is 5.18. The van der Waals surface area contributed by atoms with Gasteiger partial charge in [-0.25, -0.2) is 4.79 Å². The molecule has 2 heterocycles. The molecule has 5 rings (SSSR count). The average molecular weight is 418 g/mol.